The third-order valence-corrected chi connectivity index (χ3v) is 3.30. The van der Waals surface area contributed by atoms with Gasteiger partial charge in [-0.05, 0) is 6.08 Å². The molecule has 1 heterocycles. The van der Waals surface area contributed by atoms with E-state index in [0.717, 1.165) is 4.90 Å². The van der Waals surface area contributed by atoms with Crippen LogP contribution in [0.3, 0.4) is 0 Å². The van der Waals surface area contributed by atoms with E-state index < -0.39 is 22.9 Å². The summed E-state index contributed by atoms with van der Waals surface area (Å²) in [4.78, 5) is 35.2. The zero-order chi connectivity index (χ0) is 17.0. The maximum Gasteiger partial charge on any atom is 0.418 e. The van der Waals surface area contributed by atoms with Crippen LogP contribution in [0.25, 0.3) is 0 Å². The molecule has 1 aromatic rings. The second-order valence-corrected chi connectivity index (χ2v) is 4.57. The normalized spacial score (nSPS) is 16.5. The molecule has 0 N–H and O–H groups in total. The minimum atomic E-state index is -0.765. The number of esters is 1. The van der Waals surface area contributed by atoms with E-state index in [9.17, 15) is 19.7 Å². The molecule has 0 aliphatic carbocycles. The van der Waals surface area contributed by atoms with E-state index in [-0.39, 0.29) is 11.4 Å². The van der Waals surface area contributed by atoms with Gasteiger partial charge in [0, 0.05) is 23.7 Å². The summed E-state index contributed by atoms with van der Waals surface area (Å²) in [5, 5.41) is 11.1. The summed E-state index contributed by atoms with van der Waals surface area (Å²) in [6, 6.07) is 6.18. The number of rotatable bonds is 3. The van der Waals surface area contributed by atoms with Gasteiger partial charge in [0.2, 0.25) is 0 Å². The summed E-state index contributed by atoms with van der Waals surface area (Å²) < 4.78 is 9.25. The molecule has 0 saturated heterocycles. The number of amides is 1. The van der Waals surface area contributed by atoms with Crippen LogP contribution >= 0.6 is 0 Å². The van der Waals surface area contributed by atoms with E-state index in [1.165, 1.54) is 32.6 Å². The number of hydrogen-bond acceptors (Lipinski definition) is 6. The number of ether oxygens (including phenoxy) is 2. The number of hydrogen-bond donors (Lipinski definition) is 0. The highest BCUT2D eigenvalue weighted by Crippen LogP contribution is 2.32. The molecule has 1 amide bonds. The van der Waals surface area contributed by atoms with E-state index in [2.05, 4.69) is 9.47 Å². The van der Waals surface area contributed by atoms with Crippen molar-refractivity contribution in [3.05, 3.63) is 64.0 Å². The smallest absolute Gasteiger partial charge is 0.418 e. The number of nitro benzene ring substituents is 1. The number of nitrogens with zero attached hydrogens (tertiary/aromatic N) is 2. The molecular formula is C15H14N2O6. The second kappa shape index (κ2) is 6.73. The molecule has 0 saturated carbocycles. The lowest BCUT2D eigenvalue weighted by Crippen LogP contribution is -2.32. The van der Waals surface area contributed by atoms with Crippen molar-refractivity contribution in [3.63, 3.8) is 0 Å². The van der Waals surface area contributed by atoms with Crippen molar-refractivity contribution in [3.8, 4) is 0 Å². The minimum absolute atomic E-state index is 0.0648. The van der Waals surface area contributed by atoms with Gasteiger partial charge in [0.25, 0.3) is 5.69 Å². The van der Waals surface area contributed by atoms with Gasteiger partial charge >= 0.3 is 12.1 Å². The lowest BCUT2D eigenvalue weighted by molar-refractivity contribution is -0.385. The van der Waals surface area contributed by atoms with Gasteiger partial charge in [0.15, 0.2) is 0 Å². The van der Waals surface area contributed by atoms with E-state index in [1.807, 2.05) is 0 Å². The minimum Gasteiger partial charge on any atom is -0.464 e. The Kier molecular flexibility index (Phi) is 4.75. The number of para-hydroxylation sites is 1. The first-order chi connectivity index (χ1) is 11.0. The summed E-state index contributed by atoms with van der Waals surface area (Å²) in [5.41, 5.74) is 0.263. The Morgan fingerprint density at radius 3 is 2.52 bits per heavy atom. The van der Waals surface area contributed by atoms with Crippen LogP contribution in [0.2, 0.25) is 0 Å². The molecule has 120 valence electrons. The topological polar surface area (TPSA) is 99.0 Å². The van der Waals surface area contributed by atoms with E-state index in [1.54, 1.807) is 24.3 Å². The molecule has 8 heteroatoms. The zero-order valence-corrected chi connectivity index (χ0v) is 12.5. The van der Waals surface area contributed by atoms with Crippen LogP contribution in [-0.2, 0) is 14.3 Å². The fraction of sp³-hybridized carbons (Fsp3) is 0.200. The molecule has 0 fully saturated rings. The summed E-state index contributed by atoms with van der Waals surface area (Å²) >= 11 is 0. The molecule has 1 aromatic carbocycles. The first-order valence-corrected chi connectivity index (χ1v) is 6.58. The number of allylic oxidation sites excluding steroid dienone is 2. The summed E-state index contributed by atoms with van der Waals surface area (Å²) in [6.07, 6.45) is 3.55. The quantitative estimate of drug-likeness (QED) is 0.482. The fourth-order valence-electron chi connectivity index (χ4n) is 2.22. The van der Waals surface area contributed by atoms with Gasteiger partial charge in [-0.25, -0.2) is 14.5 Å². The molecule has 1 atom stereocenters. The first-order valence-electron chi connectivity index (χ1n) is 6.58. The van der Waals surface area contributed by atoms with Crippen LogP contribution in [0.15, 0.2) is 48.3 Å². The largest absolute Gasteiger partial charge is 0.464 e. The molecule has 0 aromatic heterocycles. The number of carbonyl (C=O) groups is 2. The SMILES string of the molecule is COC(=O)C1=CC(c2ccccc2[N+](=O)[O-])C=CN1C(=O)OC. The number of methoxy groups -OCH3 is 2. The molecule has 23 heavy (non-hydrogen) atoms. The van der Waals surface area contributed by atoms with Crippen molar-refractivity contribution < 1.29 is 24.0 Å². The van der Waals surface area contributed by atoms with Crippen LogP contribution < -0.4 is 0 Å². The highest BCUT2D eigenvalue weighted by Gasteiger charge is 2.29. The Morgan fingerprint density at radius 2 is 1.91 bits per heavy atom. The standard InChI is InChI=1S/C15H14N2O6/c1-22-14(18)13-9-10(7-8-16(13)15(19)23-2)11-5-3-4-6-12(11)17(20)21/h3-10H,1-2H3. The number of nitro groups is 1. The average Bonchev–Trinajstić information content (AvgIpc) is 2.59. The monoisotopic (exact) mass is 318 g/mol. The maximum absolute atomic E-state index is 11.9. The van der Waals surface area contributed by atoms with Gasteiger partial charge in [0.1, 0.15) is 5.70 Å². The molecular weight excluding hydrogens is 304 g/mol. The van der Waals surface area contributed by atoms with Gasteiger partial charge in [-0.3, -0.25) is 10.1 Å². The first kappa shape index (κ1) is 16.2. The summed E-state index contributed by atoms with van der Waals surface area (Å²) in [6.45, 7) is 0. The van der Waals surface area contributed by atoms with Gasteiger partial charge in [-0.1, -0.05) is 24.3 Å². The molecule has 8 nitrogen and oxygen atoms in total. The Labute approximate surface area is 131 Å². The molecule has 2 rings (SSSR count). The number of carbonyl (C=O) groups excluding carboxylic acids is 2. The zero-order valence-electron chi connectivity index (χ0n) is 12.5. The predicted molar refractivity (Wildman–Crippen MR) is 79.3 cm³/mol. The van der Waals surface area contributed by atoms with E-state index >= 15 is 0 Å². The highest BCUT2D eigenvalue weighted by atomic mass is 16.6. The van der Waals surface area contributed by atoms with Gasteiger partial charge < -0.3 is 9.47 Å². The predicted octanol–water partition coefficient (Wildman–Crippen LogP) is 2.33. The van der Waals surface area contributed by atoms with Crippen molar-refractivity contribution in [2.45, 2.75) is 5.92 Å². The third kappa shape index (κ3) is 3.20. The Morgan fingerprint density at radius 1 is 1.22 bits per heavy atom. The Bertz CT molecular complexity index is 710. The van der Waals surface area contributed by atoms with Crippen molar-refractivity contribution >= 4 is 17.7 Å². The van der Waals surface area contributed by atoms with Gasteiger partial charge in [0.05, 0.1) is 19.1 Å². The molecule has 0 spiro atoms. The Hall–Kier alpha value is -3.16. The fourth-order valence-corrected chi connectivity index (χ4v) is 2.22. The summed E-state index contributed by atoms with van der Waals surface area (Å²) in [5.74, 6) is -1.30. The lowest BCUT2D eigenvalue weighted by Gasteiger charge is -2.24. The van der Waals surface area contributed by atoms with Crippen LogP contribution in [-0.4, -0.2) is 36.1 Å². The van der Waals surface area contributed by atoms with Crippen LogP contribution in [0.1, 0.15) is 11.5 Å². The van der Waals surface area contributed by atoms with E-state index in [0.29, 0.717) is 5.56 Å². The molecule has 1 unspecified atom stereocenters. The van der Waals surface area contributed by atoms with Gasteiger partial charge in [-0.15, -0.1) is 0 Å². The van der Waals surface area contributed by atoms with Crippen molar-refractivity contribution in [1.82, 2.24) is 4.90 Å². The highest BCUT2D eigenvalue weighted by molar-refractivity contribution is 5.93. The molecule has 1 aliphatic rings. The van der Waals surface area contributed by atoms with Crippen molar-refractivity contribution in [2.75, 3.05) is 14.2 Å². The van der Waals surface area contributed by atoms with Crippen LogP contribution in [0.4, 0.5) is 10.5 Å². The van der Waals surface area contributed by atoms with Gasteiger partial charge in [-0.2, -0.15) is 0 Å². The van der Waals surface area contributed by atoms with Crippen molar-refractivity contribution in [2.24, 2.45) is 0 Å². The lowest BCUT2D eigenvalue weighted by atomic mass is 9.94. The Balaban J connectivity index is 2.47. The summed E-state index contributed by atoms with van der Waals surface area (Å²) in [7, 11) is 2.36. The maximum atomic E-state index is 11.9. The number of benzene rings is 1. The molecule has 0 bridgehead atoms. The van der Waals surface area contributed by atoms with Crippen LogP contribution in [0, 0.1) is 10.1 Å². The van der Waals surface area contributed by atoms with Crippen LogP contribution in [0.5, 0.6) is 0 Å². The molecule has 1 aliphatic heterocycles. The average molecular weight is 318 g/mol. The molecule has 0 radical (unpaired) electrons. The van der Waals surface area contributed by atoms with E-state index in [4.69, 9.17) is 0 Å². The second-order valence-electron chi connectivity index (χ2n) is 4.57. The third-order valence-electron chi connectivity index (χ3n) is 3.30. The van der Waals surface area contributed by atoms with Crippen molar-refractivity contribution in [1.29, 1.82) is 0 Å².